The summed E-state index contributed by atoms with van der Waals surface area (Å²) in [5.41, 5.74) is -0.306. The number of alkyl halides is 3. The molecule has 2 fully saturated rings. The molecule has 0 atom stereocenters. The van der Waals surface area contributed by atoms with Crippen molar-refractivity contribution in [2.45, 2.75) is 12.7 Å². The highest BCUT2D eigenvalue weighted by atomic mass is 35.5. The molecular weight excluding hydrogens is 418 g/mol. The van der Waals surface area contributed by atoms with E-state index in [-0.39, 0.29) is 48.7 Å². The highest BCUT2D eigenvalue weighted by Crippen LogP contribution is 2.35. The minimum Gasteiger partial charge on any atom is -0.348 e. The molecule has 2 saturated heterocycles. The molecular formula is C17H22Cl2F3N5O. The van der Waals surface area contributed by atoms with Crippen molar-refractivity contribution in [1.82, 2.24) is 25.5 Å². The van der Waals surface area contributed by atoms with Crippen molar-refractivity contribution in [2.24, 2.45) is 18.4 Å². The maximum atomic E-state index is 12.9. The number of carbonyl (C=O) groups excluding carboxylic acids is 1. The summed E-state index contributed by atoms with van der Waals surface area (Å²) >= 11 is 0. The first-order valence-electron chi connectivity index (χ1n) is 8.53. The van der Waals surface area contributed by atoms with Gasteiger partial charge in [-0.2, -0.15) is 13.2 Å². The average Bonchev–Trinajstić information content (AvgIpc) is 3.24. The van der Waals surface area contributed by atoms with E-state index in [1.54, 1.807) is 11.6 Å². The standard InChI is InChI=1S/C17H20F3N5O.2ClH/c1-25-13-3-2-10(17(18,19)20)4-12(13)24-14(25)7-23-15(26)16-8-21-5-11(16)6-22-9-16;;/h2-4,11,21-22H,5-9H2,1H3,(H,23,26);2*1H. The molecule has 2 aliphatic heterocycles. The van der Waals surface area contributed by atoms with Crippen molar-refractivity contribution in [2.75, 3.05) is 26.2 Å². The van der Waals surface area contributed by atoms with Crippen LogP contribution in [0, 0.1) is 11.3 Å². The molecule has 11 heteroatoms. The van der Waals surface area contributed by atoms with Crippen molar-refractivity contribution < 1.29 is 18.0 Å². The molecule has 28 heavy (non-hydrogen) atoms. The van der Waals surface area contributed by atoms with Crippen molar-refractivity contribution in [3.63, 3.8) is 0 Å². The highest BCUT2D eigenvalue weighted by Gasteiger charge is 2.51. The van der Waals surface area contributed by atoms with E-state index in [4.69, 9.17) is 0 Å². The van der Waals surface area contributed by atoms with Crippen LogP contribution in [-0.2, 0) is 24.6 Å². The lowest BCUT2D eigenvalue weighted by molar-refractivity contribution is -0.137. The molecule has 6 nitrogen and oxygen atoms in total. The predicted octanol–water partition coefficient (Wildman–Crippen LogP) is 1.86. The Hall–Kier alpha value is -1.55. The minimum absolute atomic E-state index is 0. The minimum atomic E-state index is -4.40. The second-order valence-electron chi connectivity index (χ2n) is 7.09. The Morgan fingerprint density at radius 2 is 1.93 bits per heavy atom. The number of hydrogen-bond donors (Lipinski definition) is 3. The number of aryl methyl sites for hydroxylation is 1. The third-order valence-electron chi connectivity index (χ3n) is 5.60. The molecule has 156 valence electrons. The molecule has 3 heterocycles. The lowest BCUT2D eigenvalue weighted by atomic mass is 9.80. The zero-order valence-electron chi connectivity index (χ0n) is 15.1. The van der Waals surface area contributed by atoms with Crippen LogP contribution in [0.1, 0.15) is 11.4 Å². The van der Waals surface area contributed by atoms with Gasteiger partial charge < -0.3 is 20.5 Å². The number of nitrogens with one attached hydrogen (secondary N) is 3. The Kier molecular flexibility index (Phi) is 6.54. The van der Waals surface area contributed by atoms with Gasteiger partial charge in [0.1, 0.15) is 5.82 Å². The number of hydrogen-bond acceptors (Lipinski definition) is 4. The molecule has 0 bridgehead atoms. The van der Waals surface area contributed by atoms with E-state index in [0.29, 0.717) is 24.4 Å². The second kappa shape index (κ2) is 8.06. The summed E-state index contributed by atoms with van der Waals surface area (Å²) in [6, 6.07) is 3.49. The molecule has 2 aliphatic rings. The number of carbonyl (C=O) groups is 1. The van der Waals surface area contributed by atoms with Gasteiger partial charge in [-0.1, -0.05) is 0 Å². The molecule has 3 N–H and O–H groups in total. The van der Waals surface area contributed by atoms with Crippen LogP contribution in [-0.4, -0.2) is 41.6 Å². The number of rotatable bonds is 3. The van der Waals surface area contributed by atoms with E-state index in [1.165, 1.54) is 6.07 Å². The van der Waals surface area contributed by atoms with Crippen molar-refractivity contribution in [3.8, 4) is 0 Å². The van der Waals surface area contributed by atoms with Gasteiger partial charge in [0.25, 0.3) is 0 Å². The smallest absolute Gasteiger partial charge is 0.348 e. The maximum Gasteiger partial charge on any atom is 0.416 e. The molecule has 0 saturated carbocycles. The zero-order valence-corrected chi connectivity index (χ0v) is 16.7. The molecule has 1 aromatic heterocycles. The number of nitrogens with zero attached hydrogens (tertiary/aromatic N) is 2. The Bertz CT molecular complexity index is 860. The predicted molar refractivity (Wildman–Crippen MR) is 104 cm³/mol. The third-order valence-corrected chi connectivity index (χ3v) is 5.60. The summed E-state index contributed by atoms with van der Waals surface area (Å²) in [6.07, 6.45) is -4.40. The lowest BCUT2D eigenvalue weighted by Crippen LogP contribution is -2.47. The van der Waals surface area contributed by atoms with Gasteiger partial charge in [0, 0.05) is 39.1 Å². The fourth-order valence-electron chi connectivity index (χ4n) is 4.02. The van der Waals surface area contributed by atoms with Gasteiger partial charge in [0.15, 0.2) is 0 Å². The van der Waals surface area contributed by atoms with Gasteiger partial charge in [-0.25, -0.2) is 4.98 Å². The van der Waals surface area contributed by atoms with Crippen LogP contribution in [0.3, 0.4) is 0 Å². The number of fused-ring (bicyclic) bond motifs is 2. The average molecular weight is 440 g/mol. The molecule has 1 amide bonds. The van der Waals surface area contributed by atoms with Crippen LogP contribution in [0.2, 0.25) is 0 Å². The summed E-state index contributed by atoms with van der Waals surface area (Å²) < 4.78 is 40.3. The van der Waals surface area contributed by atoms with E-state index < -0.39 is 17.2 Å². The molecule has 0 aliphatic carbocycles. The van der Waals surface area contributed by atoms with Gasteiger partial charge in [0.2, 0.25) is 5.91 Å². The van der Waals surface area contributed by atoms with Crippen molar-refractivity contribution >= 4 is 41.8 Å². The van der Waals surface area contributed by atoms with Crippen LogP contribution in [0.5, 0.6) is 0 Å². The Labute approximate surface area is 172 Å². The maximum absolute atomic E-state index is 12.9. The third kappa shape index (κ3) is 3.68. The van der Waals surface area contributed by atoms with Crippen LogP contribution in [0.15, 0.2) is 18.2 Å². The molecule has 4 rings (SSSR count). The number of benzene rings is 1. The molecule has 1 aromatic carbocycles. The van der Waals surface area contributed by atoms with E-state index in [2.05, 4.69) is 20.9 Å². The Morgan fingerprint density at radius 3 is 2.54 bits per heavy atom. The van der Waals surface area contributed by atoms with E-state index in [1.807, 2.05) is 0 Å². The van der Waals surface area contributed by atoms with Crippen molar-refractivity contribution in [1.29, 1.82) is 0 Å². The largest absolute Gasteiger partial charge is 0.416 e. The van der Waals surface area contributed by atoms with Crippen LogP contribution in [0.4, 0.5) is 13.2 Å². The number of aromatic nitrogens is 2. The number of halogens is 5. The summed E-state index contributed by atoms with van der Waals surface area (Å²) in [5.74, 6) is 0.746. The normalized spacial score (nSPS) is 23.8. The second-order valence-corrected chi connectivity index (χ2v) is 7.09. The van der Waals surface area contributed by atoms with Crippen LogP contribution >= 0.6 is 24.8 Å². The van der Waals surface area contributed by atoms with Gasteiger partial charge in [-0.05, 0) is 18.2 Å². The van der Waals surface area contributed by atoms with E-state index in [0.717, 1.165) is 25.2 Å². The summed E-state index contributed by atoms with van der Waals surface area (Å²) in [5, 5.41) is 9.46. The van der Waals surface area contributed by atoms with Gasteiger partial charge in [-0.15, -0.1) is 24.8 Å². The zero-order chi connectivity index (χ0) is 18.5. The van der Waals surface area contributed by atoms with Crippen LogP contribution < -0.4 is 16.0 Å². The fourth-order valence-corrected chi connectivity index (χ4v) is 4.02. The fraction of sp³-hybridized carbons (Fsp3) is 0.529. The first-order chi connectivity index (χ1) is 12.3. The highest BCUT2D eigenvalue weighted by molar-refractivity contribution is 5.86. The summed E-state index contributed by atoms with van der Waals surface area (Å²) in [7, 11) is 1.74. The number of imidazole rings is 1. The SMILES string of the molecule is Cl.Cl.Cn1c(CNC(=O)C23CNCC2CNC3)nc2cc(C(F)(F)F)ccc21. The first kappa shape index (κ1) is 22.7. The molecule has 2 aromatic rings. The van der Waals surface area contributed by atoms with Crippen LogP contribution in [0.25, 0.3) is 11.0 Å². The summed E-state index contributed by atoms with van der Waals surface area (Å²) in [4.78, 5) is 17.0. The van der Waals surface area contributed by atoms with E-state index >= 15 is 0 Å². The van der Waals surface area contributed by atoms with Gasteiger partial charge in [0.05, 0.1) is 28.6 Å². The first-order valence-corrected chi connectivity index (χ1v) is 8.53. The van der Waals surface area contributed by atoms with Gasteiger partial charge in [-0.3, -0.25) is 4.79 Å². The number of amides is 1. The quantitative estimate of drug-likeness (QED) is 0.682. The van der Waals surface area contributed by atoms with Gasteiger partial charge >= 0.3 is 6.18 Å². The molecule has 0 radical (unpaired) electrons. The topological polar surface area (TPSA) is 71.0 Å². The Morgan fingerprint density at radius 1 is 1.29 bits per heavy atom. The Balaban J connectivity index is 0.00000140. The molecule has 0 spiro atoms. The van der Waals surface area contributed by atoms with Crippen molar-refractivity contribution in [3.05, 3.63) is 29.6 Å². The lowest BCUT2D eigenvalue weighted by Gasteiger charge is -2.25. The molecule has 0 unspecified atom stereocenters. The monoisotopic (exact) mass is 439 g/mol. The van der Waals surface area contributed by atoms with E-state index in [9.17, 15) is 18.0 Å². The summed E-state index contributed by atoms with van der Waals surface area (Å²) in [6.45, 7) is 3.07.